The van der Waals surface area contributed by atoms with E-state index in [1.165, 1.54) is 0 Å². The Morgan fingerprint density at radius 3 is 2.29 bits per heavy atom. The Balaban J connectivity index is 1.80. The van der Waals surface area contributed by atoms with Crippen LogP contribution in [-0.4, -0.2) is 10.9 Å². The lowest BCUT2D eigenvalue weighted by Crippen LogP contribution is -2.15. The van der Waals surface area contributed by atoms with Gasteiger partial charge in [0.05, 0.1) is 29.1 Å². The topological polar surface area (TPSA) is 77.8 Å². The first-order chi connectivity index (χ1) is 13.6. The minimum Gasteiger partial charge on any atom is -0.354 e. The van der Waals surface area contributed by atoms with Crippen LogP contribution in [0.15, 0.2) is 60.9 Å². The molecule has 0 bridgehead atoms. The summed E-state index contributed by atoms with van der Waals surface area (Å²) in [5, 5.41) is 15.2. The number of nitrogens with one attached hydrogen (secondary N) is 2. The van der Waals surface area contributed by atoms with Crippen LogP contribution < -0.4 is 10.6 Å². The van der Waals surface area contributed by atoms with Crippen molar-refractivity contribution in [3.63, 3.8) is 0 Å². The monoisotopic (exact) mass is 370 g/mol. The maximum atomic E-state index is 12.8. The third kappa shape index (κ3) is 4.36. The smallest absolute Gasteiger partial charge is 0.257 e. The number of amides is 1. The van der Waals surface area contributed by atoms with E-state index in [4.69, 9.17) is 5.26 Å². The van der Waals surface area contributed by atoms with Gasteiger partial charge in [0.2, 0.25) is 0 Å². The SMILES string of the molecule is CCc1cccc(CC)c1NC(=O)c1cncc(Nc2ccc(C#N)cc2)c1. The molecule has 1 aromatic heterocycles. The molecule has 2 N–H and O–H groups in total. The highest BCUT2D eigenvalue weighted by atomic mass is 16.1. The van der Waals surface area contributed by atoms with E-state index in [1.807, 2.05) is 30.3 Å². The Hall–Kier alpha value is -3.65. The van der Waals surface area contributed by atoms with Crippen LogP contribution in [0.4, 0.5) is 17.1 Å². The lowest BCUT2D eigenvalue weighted by Gasteiger charge is -2.15. The fraction of sp³-hybridized carbons (Fsp3) is 0.174. The standard InChI is InChI=1S/C23H22N4O/c1-3-17-6-5-7-18(4-2)22(17)27-23(28)19-12-21(15-25-14-19)26-20-10-8-16(13-24)9-11-20/h5-12,14-15,26H,3-4H2,1-2H3,(H,27,28). The number of aromatic nitrogens is 1. The molecule has 140 valence electrons. The Labute approximate surface area is 165 Å². The van der Waals surface area contributed by atoms with Gasteiger partial charge in [-0.2, -0.15) is 5.26 Å². The molecular weight excluding hydrogens is 348 g/mol. The number of pyridine rings is 1. The van der Waals surface area contributed by atoms with Crippen molar-refractivity contribution in [2.45, 2.75) is 26.7 Å². The van der Waals surface area contributed by atoms with E-state index in [9.17, 15) is 4.79 Å². The third-order valence-electron chi connectivity index (χ3n) is 4.54. The van der Waals surface area contributed by atoms with E-state index in [1.54, 1.807) is 30.6 Å². The number of rotatable bonds is 6. The third-order valence-corrected chi connectivity index (χ3v) is 4.54. The second-order valence-corrected chi connectivity index (χ2v) is 6.39. The molecule has 28 heavy (non-hydrogen) atoms. The van der Waals surface area contributed by atoms with Crippen molar-refractivity contribution in [3.05, 3.63) is 83.2 Å². The van der Waals surface area contributed by atoms with Gasteiger partial charge in [-0.3, -0.25) is 9.78 Å². The molecule has 2 aromatic carbocycles. The number of carbonyl (C=O) groups is 1. The summed E-state index contributed by atoms with van der Waals surface area (Å²) >= 11 is 0. The van der Waals surface area contributed by atoms with Crippen LogP contribution in [0, 0.1) is 11.3 Å². The molecule has 0 saturated carbocycles. The van der Waals surface area contributed by atoms with Crippen LogP contribution in [0.2, 0.25) is 0 Å². The quantitative estimate of drug-likeness (QED) is 0.635. The molecule has 0 aliphatic heterocycles. The summed E-state index contributed by atoms with van der Waals surface area (Å²) in [5.41, 5.74) is 5.73. The normalized spacial score (nSPS) is 10.2. The van der Waals surface area contributed by atoms with Gasteiger partial charge in [-0.1, -0.05) is 32.0 Å². The van der Waals surface area contributed by atoms with Gasteiger partial charge < -0.3 is 10.6 Å². The number of aryl methyl sites for hydroxylation is 2. The molecule has 1 heterocycles. The molecular formula is C23H22N4O. The summed E-state index contributed by atoms with van der Waals surface area (Å²) in [4.78, 5) is 17.0. The molecule has 0 fully saturated rings. The van der Waals surface area contributed by atoms with Gasteiger partial charge in [-0.05, 0) is 54.3 Å². The highest BCUT2D eigenvalue weighted by molar-refractivity contribution is 6.05. The van der Waals surface area contributed by atoms with Crippen LogP contribution in [-0.2, 0) is 12.8 Å². The zero-order valence-electron chi connectivity index (χ0n) is 16.0. The van der Waals surface area contributed by atoms with Crippen molar-refractivity contribution in [3.8, 4) is 6.07 Å². The van der Waals surface area contributed by atoms with Crippen LogP contribution in [0.5, 0.6) is 0 Å². The van der Waals surface area contributed by atoms with Crippen LogP contribution in [0.1, 0.15) is 40.9 Å². The van der Waals surface area contributed by atoms with Crippen molar-refractivity contribution < 1.29 is 4.79 Å². The van der Waals surface area contributed by atoms with Gasteiger partial charge >= 0.3 is 0 Å². The van der Waals surface area contributed by atoms with E-state index < -0.39 is 0 Å². The van der Waals surface area contributed by atoms with Gasteiger partial charge in [0.1, 0.15) is 0 Å². The lowest BCUT2D eigenvalue weighted by molar-refractivity contribution is 0.102. The molecule has 0 saturated heterocycles. The minimum atomic E-state index is -0.188. The highest BCUT2D eigenvalue weighted by Crippen LogP contribution is 2.24. The van der Waals surface area contributed by atoms with Gasteiger partial charge in [-0.15, -0.1) is 0 Å². The lowest BCUT2D eigenvalue weighted by atomic mass is 10.0. The predicted molar refractivity (Wildman–Crippen MR) is 112 cm³/mol. The fourth-order valence-corrected chi connectivity index (χ4v) is 3.02. The van der Waals surface area contributed by atoms with E-state index >= 15 is 0 Å². The number of carbonyl (C=O) groups excluding carboxylic acids is 1. The summed E-state index contributed by atoms with van der Waals surface area (Å²) in [7, 11) is 0. The number of para-hydroxylation sites is 1. The maximum absolute atomic E-state index is 12.8. The average molecular weight is 370 g/mol. The minimum absolute atomic E-state index is 0.188. The summed E-state index contributed by atoms with van der Waals surface area (Å²) in [6, 6.07) is 17.1. The molecule has 5 heteroatoms. The highest BCUT2D eigenvalue weighted by Gasteiger charge is 2.12. The van der Waals surface area contributed by atoms with E-state index in [2.05, 4.69) is 35.5 Å². The van der Waals surface area contributed by atoms with Crippen molar-refractivity contribution in [2.24, 2.45) is 0 Å². The number of nitrogens with zero attached hydrogens (tertiary/aromatic N) is 2. The molecule has 1 amide bonds. The van der Waals surface area contributed by atoms with Crippen molar-refractivity contribution >= 4 is 23.0 Å². The van der Waals surface area contributed by atoms with Gasteiger partial charge in [0, 0.05) is 17.6 Å². The van der Waals surface area contributed by atoms with Gasteiger partial charge in [0.25, 0.3) is 5.91 Å². The first-order valence-corrected chi connectivity index (χ1v) is 9.29. The van der Waals surface area contributed by atoms with Gasteiger partial charge in [0.15, 0.2) is 0 Å². The first kappa shape index (κ1) is 19.1. The molecule has 0 radical (unpaired) electrons. The largest absolute Gasteiger partial charge is 0.354 e. The fourth-order valence-electron chi connectivity index (χ4n) is 3.02. The zero-order chi connectivity index (χ0) is 19.9. The Bertz CT molecular complexity index is 997. The Morgan fingerprint density at radius 2 is 1.68 bits per heavy atom. The van der Waals surface area contributed by atoms with Crippen molar-refractivity contribution in [1.82, 2.24) is 4.98 Å². The summed E-state index contributed by atoms with van der Waals surface area (Å²) in [6.45, 7) is 4.15. The number of benzene rings is 2. The number of hydrogen-bond donors (Lipinski definition) is 2. The summed E-state index contributed by atoms with van der Waals surface area (Å²) in [5.74, 6) is -0.188. The average Bonchev–Trinajstić information content (AvgIpc) is 2.74. The van der Waals surface area contributed by atoms with Crippen molar-refractivity contribution in [1.29, 1.82) is 5.26 Å². The van der Waals surface area contributed by atoms with Crippen molar-refractivity contribution in [2.75, 3.05) is 10.6 Å². The molecule has 0 atom stereocenters. The predicted octanol–water partition coefficient (Wildman–Crippen LogP) is 5.07. The first-order valence-electron chi connectivity index (χ1n) is 9.29. The van der Waals surface area contributed by atoms with Crippen LogP contribution >= 0.6 is 0 Å². The molecule has 0 spiro atoms. The molecule has 0 unspecified atom stereocenters. The molecule has 3 rings (SSSR count). The molecule has 0 aliphatic carbocycles. The summed E-state index contributed by atoms with van der Waals surface area (Å²) in [6.07, 6.45) is 4.91. The molecule has 5 nitrogen and oxygen atoms in total. The number of anilines is 3. The van der Waals surface area contributed by atoms with E-state index in [0.717, 1.165) is 35.3 Å². The zero-order valence-corrected chi connectivity index (χ0v) is 16.0. The van der Waals surface area contributed by atoms with Gasteiger partial charge in [-0.25, -0.2) is 0 Å². The maximum Gasteiger partial charge on any atom is 0.257 e. The second kappa shape index (κ2) is 8.83. The van der Waals surface area contributed by atoms with E-state index in [-0.39, 0.29) is 5.91 Å². The molecule has 3 aromatic rings. The van der Waals surface area contributed by atoms with Crippen LogP contribution in [0.25, 0.3) is 0 Å². The van der Waals surface area contributed by atoms with Crippen LogP contribution in [0.3, 0.4) is 0 Å². The summed E-state index contributed by atoms with van der Waals surface area (Å²) < 4.78 is 0. The molecule has 0 aliphatic rings. The number of hydrogen-bond acceptors (Lipinski definition) is 4. The number of nitriles is 1. The Kier molecular flexibility index (Phi) is 6.03. The van der Waals surface area contributed by atoms with E-state index in [0.29, 0.717) is 16.8 Å². The second-order valence-electron chi connectivity index (χ2n) is 6.39. The Morgan fingerprint density at radius 1 is 1.00 bits per heavy atom.